The molecule has 1 fully saturated rings. The molecular formula is C14H18N2O2. The first kappa shape index (κ1) is 11.5. The van der Waals surface area contributed by atoms with Crippen molar-refractivity contribution in [1.82, 2.24) is 5.32 Å². The zero-order chi connectivity index (χ0) is 12.4. The number of hydrogen-bond donors (Lipinski definition) is 2. The summed E-state index contributed by atoms with van der Waals surface area (Å²) in [5.74, 6) is 1.19. The zero-order valence-corrected chi connectivity index (χ0v) is 10.3. The minimum Gasteiger partial charge on any atom is -0.508 e. The molecule has 1 saturated heterocycles. The lowest BCUT2D eigenvalue weighted by Crippen LogP contribution is -2.30. The Morgan fingerprint density at radius 1 is 1.33 bits per heavy atom. The lowest BCUT2D eigenvalue weighted by molar-refractivity contribution is 0.302. The molecule has 2 aliphatic rings. The Morgan fingerprint density at radius 3 is 2.89 bits per heavy atom. The van der Waals surface area contributed by atoms with Crippen LogP contribution in [0.3, 0.4) is 0 Å². The van der Waals surface area contributed by atoms with Gasteiger partial charge in [-0.2, -0.15) is 0 Å². The average molecular weight is 246 g/mol. The van der Waals surface area contributed by atoms with Gasteiger partial charge in [-0.1, -0.05) is 12.1 Å². The molecule has 0 saturated carbocycles. The van der Waals surface area contributed by atoms with Crippen LogP contribution in [0.15, 0.2) is 29.3 Å². The SMILES string of the molecule is Oc1ccc(CC2COC(C3CCCN3)=N2)cc1. The van der Waals surface area contributed by atoms with Crippen molar-refractivity contribution in [3.63, 3.8) is 0 Å². The molecular weight excluding hydrogens is 228 g/mol. The van der Waals surface area contributed by atoms with Crippen LogP contribution in [0.25, 0.3) is 0 Å². The van der Waals surface area contributed by atoms with E-state index in [1.54, 1.807) is 12.1 Å². The summed E-state index contributed by atoms with van der Waals surface area (Å²) in [7, 11) is 0. The number of phenolic OH excluding ortho intramolecular Hbond substituents is 1. The summed E-state index contributed by atoms with van der Waals surface area (Å²) in [5.41, 5.74) is 1.19. The number of hydrogen-bond acceptors (Lipinski definition) is 4. The zero-order valence-electron chi connectivity index (χ0n) is 10.3. The third-order valence-corrected chi connectivity index (χ3v) is 3.50. The van der Waals surface area contributed by atoms with Gasteiger partial charge < -0.3 is 15.2 Å². The Morgan fingerprint density at radius 2 is 2.17 bits per heavy atom. The molecule has 2 aliphatic heterocycles. The number of nitrogens with zero attached hydrogens (tertiary/aromatic N) is 1. The third-order valence-electron chi connectivity index (χ3n) is 3.50. The van der Waals surface area contributed by atoms with Crippen LogP contribution in [-0.2, 0) is 11.2 Å². The molecule has 0 spiro atoms. The standard InChI is InChI=1S/C14H18N2O2/c17-12-5-3-10(4-6-12)8-11-9-18-14(16-11)13-2-1-7-15-13/h3-6,11,13,15,17H,1-2,7-9H2. The molecule has 2 atom stereocenters. The smallest absolute Gasteiger partial charge is 0.201 e. The monoisotopic (exact) mass is 246 g/mol. The molecule has 3 rings (SSSR count). The highest BCUT2D eigenvalue weighted by atomic mass is 16.5. The highest BCUT2D eigenvalue weighted by molar-refractivity contribution is 5.83. The van der Waals surface area contributed by atoms with Crippen molar-refractivity contribution in [2.75, 3.05) is 13.2 Å². The molecule has 4 nitrogen and oxygen atoms in total. The molecule has 0 aromatic heterocycles. The highest BCUT2D eigenvalue weighted by Crippen LogP contribution is 2.18. The van der Waals surface area contributed by atoms with Gasteiger partial charge in [-0.15, -0.1) is 0 Å². The van der Waals surface area contributed by atoms with E-state index < -0.39 is 0 Å². The van der Waals surface area contributed by atoms with E-state index in [4.69, 9.17) is 4.74 Å². The van der Waals surface area contributed by atoms with Gasteiger partial charge in [0, 0.05) is 0 Å². The molecule has 96 valence electrons. The highest BCUT2D eigenvalue weighted by Gasteiger charge is 2.27. The van der Waals surface area contributed by atoms with Crippen LogP contribution in [0.2, 0.25) is 0 Å². The Bertz CT molecular complexity index is 436. The van der Waals surface area contributed by atoms with E-state index in [9.17, 15) is 5.11 Å². The van der Waals surface area contributed by atoms with E-state index in [0.717, 1.165) is 25.3 Å². The Balaban J connectivity index is 1.62. The van der Waals surface area contributed by atoms with Gasteiger partial charge in [0.2, 0.25) is 5.90 Å². The van der Waals surface area contributed by atoms with Gasteiger partial charge in [-0.3, -0.25) is 0 Å². The summed E-state index contributed by atoms with van der Waals surface area (Å²) in [6.07, 6.45) is 3.21. The van der Waals surface area contributed by atoms with Crippen LogP contribution in [0, 0.1) is 0 Å². The Kier molecular flexibility index (Phi) is 3.19. The molecule has 1 aromatic carbocycles. The molecule has 0 radical (unpaired) electrons. The van der Waals surface area contributed by atoms with Crippen molar-refractivity contribution >= 4 is 5.90 Å². The summed E-state index contributed by atoms with van der Waals surface area (Å²) < 4.78 is 5.68. The van der Waals surface area contributed by atoms with Crippen molar-refractivity contribution in [2.24, 2.45) is 4.99 Å². The van der Waals surface area contributed by atoms with Crippen molar-refractivity contribution in [3.05, 3.63) is 29.8 Å². The Labute approximate surface area is 107 Å². The fourth-order valence-electron chi connectivity index (χ4n) is 2.53. The van der Waals surface area contributed by atoms with Gasteiger partial charge in [0.1, 0.15) is 12.4 Å². The first-order chi connectivity index (χ1) is 8.81. The lowest BCUT2D eigenvalue weighted by Gasteiger charge is -2.08. The second kappa shape index (κ2) is 4.98. The van der Waals surface area contributed by atoms with Crippen LogP contribution in [0.5, 0.6) is 5.75 Å². The van der Waals surface area contributed by atoms with Gasteiger partial charge in [0.05, 0.1) is 12.1 Å². The summed E-state index contributed by atoms with van der Waals surface area (Å²) >= 11 is 0. The fourth-order valence-corrected chi connectivity index (χ4v) is 2.53. The van der Waals surface area contributed by atoms with Gasteiger partial charge in [0.15, 0.2) is 0 Å². The lowest BCUT2D eigenvalue weighted by atomic mass is 10.1. The van der Waals surface area contributed by atoms with Crippen molar-refractivity contribution in [3.8, 4) is 5.75 Å². The van der Waals surface area contributed by atoms with E-state index in [0.29, 0.717) is 18.4 Å². The molecule has 0 bridgehead atoms. The van der Waals surface area contributed by atoms with Crippen molar-refractivity contribution in [1.29, 1.82) is 0 Å². The third kappa shape index (κ3) is 2.48. The van der Waals surface area contributed by atoms with Gasteiger partial charge in [-0.05, 0) is 43.5 Å². The van der Waals surface area contributed by atoms with Crippen molar-refractivity contribution < 1.29 is 9.84 Å². The van der Waals surface area contributed by atoms with E-state index in [1.807, 2.05) is 12.1 Å². The number of nitrogens with one attached hydrogen (secondary N) is 1. The maximum atomic E-state index is 9.24. The molecule has 0 amide bonds. The summed E-state index contributed by atoms with van der Waals surface area (Å²) in [6, 6.07) is 7.86. The van der Waals surface area contributed by atoms with E-state index >= 15 is 0 Å². The van der Waals surface area contributed by atoms with E-state index in [-0.39, 0.29) is 6.04 Å². The van der Waals surface area contributed by atoms with Gasteiger partial charge >= 0.3 is 0 Å². The van der Waals surface area contributed by atoms with Gasteiger partial charge in [0.25, 0.3) is 0 Å². The number of aromatic hydroxyl groups is 1. The quantitative estimate of drug-likeness (QED) is 0.849. The number of benzene rings is 1. The van der Waals surface area contributed by atoms with E-state index in [1.165, 1.54) is 12.0 Å². The summed E-state index contributed by atoms with van der Waals surface area (Å²) in [5, 5.41) is 12.6. The first-order valence-electron chi connectivity index (χ1n) is 6.53. The van der Waals surface area contributed by atoms with Crippen LogP contribution in [-0.4, -0.2) is 36.2 Å². The average Bonchev–Trinajstić information content (AvgIpc) is 3.02. The largest absolute Gasteiger partial charge is 0.508 e. The molecule has 2 heterocycles. The normalized spacial score (nSPS) is 27.0. The fraction of sp³-hybridized carbons (Fsp3) is 0.500. The summed E-state index contributed by atoms with van der Waals surface area (Å²) in [6.45, 7) is 1.74. The van der Waals surface area contributed by atoms with Crippen LogP contribution in [0.4, 0.5) is 0 Å². The molecule has 2 unspecified atom stereocenters. The van der Waals surface area contributed by atoms with Crippen LogP contribution in [0.1, 0.15) is 18.4 Å². The Hall–Kier alpha value is -1.55. The van der Waals surface area contributed by atoms with Gasteiger partial charge in [-0.25, -0.2) is 4.99 Å². The topological polar surface area (TPSA) is 53.9 Å². The predicted octanol–water partition coefficient (Wildman–Crippen LogP) is 1.48. The molecule has 18 heavy (non-hydrogen) atoms. The first-order valence-corrected chi connectivity index (χ1v) is 6.53. The molecule has 0 aliphatic carbocycles. The number of aliphatic imine (C=N–C) groups is 1. The van der Waals surface area contributed by atoms with Crippen LogP contribution < -0.4 is 5.32 Å². The van der Waals surface area contributed by atoms with E-state index in [2.05, 4.69) is 10.3 Å². The maximum Gasteiger partial charge on any atom is 0.201 e. The number of phenols is 1. The maximum absolute atomic E-state index is 9.24. The predicted molar refractivity (Wildman–Crippen MR) is 70.0 cm³/mol. The molecule has 4 heteroatoms. The second-order valence-electron chi connectivity index (χ2n) is 4.95. The summed E-state index contributed by atoms with van der Waals surface area (Å²) in [4.78, 5) is 4.66. The minimum atomic E-state index is 0.215. The molecule has 2 N–H and O–H groups in total. The second-order valence-corrected chi connectivity index (χ2v) is 4.95. The van der Waals surface area contributed by atoms with Crippen LogP contribution >= 0.6 is 0 Å². The molecule has 1 aromatic rings. The number of rotatable bonds is 3. The number of ether oxygens (including phenoxy) is 1. The minimum absolute atomic E-state index is 0.215. The van der Waals surface area contributed by atoms with Crippen molar-refractivity contribution in [2.45, 2.75) is 31.3 Å².